The van der Waals surface area contributed by atoms with Crippen LogP contribution >= 0.6 is 0 Å². The molecule has 9 nitrogen and oxygen atoms in total. The standard InChI is InChI=1S/C24H31F2N5O4/c1-15(2)34-24(32)31-7-5-16(6-8-31)35-23-12-22(28-14-29-23)30-21-11-18(25)20(10-19(21)26)27-13-17-4-3-9-33-17/h10-12,14-17,27H,3-9,13H2,1-2H3,(H,28,29,30). The minimum absolute atomic E-state index is 0.0100. The van der Waals surface area contributed by atoms with Crippen molar-refractivity contribution < 1.29 is 27.8 Å². The van der Waals surface area contributed by atoms with E-state index < -0.39 is 11.6 Å². The molecule has 11 heteroatoms. The lowest BCUT2D eigenvalue weighted by Crippen LogP contribution is -2.42. The van der Waals surface area contributed by atoms with Crippen molar-refractivity contribution in [3.05, 3.63) is 36.2 Å². The molecule has 0 bridgehead atoms. The summed E-state index contributed by atoms with van der Waals surface area (Å²) in [5.74, 6) is -0.629. The van der Waals surface area contributed by atoms with Gasteiger partial charge in [-0.3, -0.25) is 0 Å². The van der Waals surface area contributed by atoms with Crippen LogP contribution in [-0.2, 0) is 9.47 Å². The quantitative estimate of drug-likeness (QED) is 0.558. The van der Waals surface area contributed by atoms with Crippen molar-refractivity contribution in [2.75, 3.05) is 36.9 Å². The number of rotatable bonds is 8. The molecule has 0 aliphatic carbocycles. The number of aromatic nitrogens is 2. The molecule has 2 fully saturated rings. The van der Waals surface area contributed by atoms with E-state index >= 15 is 0 Å². The molecule has 2 aromatic rings. The molecule has 1 amide bonds. The van der Waals surface area contributed by atoms with Gasteiger partial charge >= 0.3 is 6.09 Å². The Kier molecular flexibility index (Phi) is 8.17. The number of halogens is 2. The van der Waals surface area contributed by atoms with Gasteiger partial charge in [0.25, 0.3) is 0 Å². The number of carbonyl (C=O) groups is 1. The number of piperidine rings is 1. The third-order valence-corrected chi connectivity index (χ3v) is 5.83. The third-order valence-electron chi connectivity index (χ3n) is 5.83. The number of ether oxygens (including phenoxy) is 3. The predicted octanol–water partition coefficient (Wildman–Crippen LogP) is 4.48. The van der Waals surface area contributed by atoms with E-state index in [9.17, 15) is 13.6 Å². The smallest absolute Gasteiger partial charge is 0.410 e. The van der Waals surface area contributed by atoms with Gasteiger partial charge in [-0.2, -0.15) is 0 Å². The molecule has 0 spiro atoms. The summed E-state index contributed by atoms with van der Waals surface area (Å²) < 4.78 is 45.9. The van der Waals surface area contributed by atoms with Gasteiger partial charge in [-0.15, -0.1) is 0 Å². The number of hydrogen-bond acceptors (Lipinski definition) is 8. The van der Waals surface area contributed by atoms with Crippen LogP contribution in [0.1, 0.15) is 39.5 Å². The second kappa shape index (κ2) is 11.5. The second-order valence-corrected chi connectivity index (χ2v) is 8.93. The first-order valence-corrected chi connectivity index (χ1v) is 11.9. The molecule has 4 rings (SSSR count). The van der Waals surface area contributed by atoms with E-state index in [1.54, 1.807) is 4.90 Å². The lowest BCUT2D eigenvalue weighted by atomic mass is 10.1. The largest absolute Gasteiger partial charge is 0.474 e. The van der Waals surface area contributed by atoms with Gasteiger partial charge < -0.3 is 29.7 Å². The van der Waals surface area contributed by atoms with Crippen LogP contribution in [0.2, 0.25) is 0 Å². The summed E-state index contributed by atoms with van der Waals surface area (Å²) in [6.45, 7) is 5.78. The van der Waals surface area contributed by atoms with Crippen LogP contribution in [0, 0.1) is 11.6 Å². The Bertz CT molecular complexity index is 1010. The number of nitrogens with one attached hydrogen (secondary N) is 2. The summed E-state index contributed by atoms with van der Waals surface area (Å²) in [6.07, 6.45) is 3.80. The molecule has 2 aliphatic heterocycles. The first-order valence-electron chi connectivity index (χ1n) is 11.9. The highest BCUT2D eigenvalue weighted by Gasteiger charge is 2.26. The Hall–Kier alpha value is -3.21. The normalized spacial score (nSPS) is 18.5. The Morgan fingerprint density at radius 2 is 1.89 bits per heavy atom. The van der Waals surface area contributed by atoms with Gasteiger partial charge in [0.05, 0.1) is 23.6 Å². The summed E-state index contributed by atoms with van der Waals surface area (Å²) in [5, 5.41) is 5.70. The van der Waals surface area contributed by atoms with Gasteiger partial charge in [-0.05, 0) is 26.7 Å². The zero-order valence-corrected chi connectivity index (χ0v) is 19.9. The Morgan fingerprint density at radius 3 is 2.60 bits per heavy atom. The molecular weight excluding hydrogens is 460 g/mol. The molecule has 2 saturated heterocycles. The maximum atomic E-state index is 14.7. The molecule has 190 valence electrons. The number of likely N-dealkylation sites (tertiary alicyclic amines) is 1. The summed E-state index contributed by atoms with van der Waals surface area (Å²) >= 11 is 0. The van der Waals surface area contributed by atoms with Crippen LogP contribution in [0.25, 0.3) is 0 Å². The molecule has 0 radical (unpaired) electrons. The van der Waals surface area contributed by atoms with Gasteiger partial charge in [-0.1, -0.05) is 0 Å². The van der Waals surface area contributed by atoms with Crippen molar-refractivity contribution in [3.8, 4) is 5.88 Å². The highest BCUT2D eigenvalue weighted by Crippen LogP contribution is 2.27. The number of anilines is 3. The van der Waals surface area contributed by atoms with Crippen molar-refractivity contribution in [3.63, 3.8) is 0 Å². The molecule has 1 atom stereocenters. The molecule has 1 aromatic carbocycles. The summed E-state index contributed by atoms with van der Waals surface area (Å²) in [5.41, 5.74) is 0.0330. The summed E-state index contributed by atoms with van der Waals surface area (Å²) in [4.78, 5) is 21.9. The Balaban J connectivity index is 1.32. The van der Waals surface area contributed by atoms with E-state index in [1.165, 1.54) is 12.4 Å². The second-order valence-electron chi connectivity index (χ2n) is 8.93. The van der Waals surface area contributed by atoms with Gasteiger partial charge in [-0.25, -0.2) is 23.5 Å². The molecule has 1 unspecified atom stereocenters. The first-order chi connectivity index (χ1) is 16.9. The lowest BCUT2D eigenvalue weighted by molar-refractivity contribution is 0.0507. The Labute approximate surface area is 203 Å². The molecule has 2 aliphatic rings. The highest BCUT2D eigenvalue weighted by molar-refractivity contribution is 5.68. The first kappa shape index (κ1) is 24.9. The van der Waals surface area contributed by atoms with Gasteiger partial charge in [0.2, 0.25) is 5.88 Å². The van der Waals surface area contributed by atoms with E-state index in [0.29, 0.717) is 45.0 Å². The SMILES string of the molecule is CC(C)OC(=O)N1CCC(Oc2cc(Nc3cc(F)c(NCC4CCCO4)cc3F)ncn2)CC1. The molecule has 1 aromatic heterocycles. The fourth-order valence-electron chi connectivity index (χ4n) is 4.02. The number of nitrogens with zero attached hydrogens (tertiary/aromatic N) is 3. The summed E-state index contributed by atoms with van der Waals surface area (Å²) in [7, 11) is 0. The minimum atomic E-state index is -0.622. The fourth-order valence-corrected chi connectivity index (χ4v) is 4.02. The van der Waals surface area contributed by atoms with E-state index in [-0.39, 0.29) is 41.6 Å². The highest BCUT2D eigenvalue weighted by atomic mass is 19.1. The Morgan fingerprint density at radius 1 is 1.14 bits per heavy atom. The van der Waals surface area contributed by atoms with Crippen LogP contribution < -0.4 is 15.4 Å². The number of benzene rings is 1. The van der Waals surface area contributed by atoms with Crippen LogP contribution in [0.4, 0.5) is 30.8 Å². The van der Waals surface area contributed by atoms with Crippen molar-refractivity contribution in [1.82, 2.24) is 14.9 Å². The van der Waals surface area contributed by atoms with E-state index in [1.807, 2.05) is 13.8 Å². The maximum Gasteiger partial charge on any atom is 0.410 e. The van der Waals surface area contributed by atoms with Crippen LogP contribution in [0.3, 0.4) is 0 Å². The van der Waals surface area contributed by atoms with Crippen molar-refractivity contribution in [2.45, 2.75) is 57.8 Å². The van der Waals surface area contributed by atoms with Crippen LogP contribution in [0.5, 0.6) is 5.88 Å². The van der Waals surface area contributed by atoms with Gasteiger partial charge in [0.15, 0.2) is 0 Å². The van der Waals surface area contributed by atoms with Crippen LogP contribution in [0.15, 0.2) is 24.5 Å². The molecule has 35 heavy (non-hydrogen) atoms. The summed E-state index contributed by atoms with van der Waals surface area (Å²) in [6, 6.07) is 3.73. The van der Waals surface area contributed by atoms with E-state index in [0.717, 1.165) is 25.0 Å². The van der Waals surface area contributed by atoms with Crippen molar-refractivity contribution in [2.24, 2.45) is 0 Å². The van der Waals surface area contributed by atoms with Crippen LogP contribution in [-0.4, -0.2) is 65.5 Å². The van der Waals surface area contributed by atoms with Gasteiger partial charge in [0.1, 0.15) is 29.9 Å². The predicted molar refractivity (Wildman–Crippen MR) is 126 cm³/mol. The topological polar surface area (TPSA) is 97.8 Å². The monoisotopic (exact) mass is 491 g/mol. The van der Waals surface area contributed by atoms with E-state index in [2.05, 4.69) is 20.6 Å². The van der Waals surface area contributed by atoms with E-state index in [4.69, 9.17) is 14.2 Å². The van der Waals surface area contributed by atoms with Crippen molar-refractivity contribution in [1.29, 1.82) is 0 Å². The molecule has 2 N–H and O–H groups in total. The molecular formula is C24H31F2N5O4. The number of hydrogen-bond donors (Lipinski definition) is 2. The molecule has 3 heterocycles. The fraction of sp³-hybridized carbons (Fsp3) is 0.542. The van der Waals surface area contributed by atoms with Gasteiger partial charge in [0, 0.05) is 57.3 Å². The third kappa shape index (κ3) is 6.91. The average Bonchev–Trinajstić information content (AvgIpc) is 3.34. The lowest BCUT2D eigenvalue weighted by Gasteiger charge is -2.31. The zero-order valence-electron chi connectivity index (χ0n) is 19.9. The average molecular weight is 492 g/mol. The maximum absolute atomic E-state index is 14.7. The number of amides is 1. The zero-order chi connectivity index (χ0) is 24.8. The van der Waals surface area contributed by atoms with Crippen molar-refractivity contribution >= 4 is 23.3 Å². The number of carbonyl (C=O) groups excluding carboxylic acids is 1. The molecule has 0 saturated carbocycles. The minimum Gasteiger partial charge on any atom is -0.474 e.